The first-order valence-electron chi connectivity index (χ1n) is 6.01. The van der Waals surface area contributed by atoms with Gasteiger partial charge in [-0.1, -0.05) is 23.5 Å². The van der Waals surface area contributed by atoms with Crippen molar-refractivity contribution in [1.82, 2.24) is 4.98 Å². The van der Waals surface area contributed by atoms with Gasteiger partial charge in [0.2, 0.25) is 0 Å². The minimum atomic E-state index is 0.601. The van der Waals surface area contributed by atoms with E-state index in [4.69, 9.17) is 10.00 Å². The molecule has 0 saturated heterocycles. The van der Waals surface area contributed by atoms with Crippen LogP contribution in [0.25, 0.3) is 10.2 Å². The largest absolute Gasteiger partial charge is 0.497 e. The quantitative estimate of drug-likeness (QED) is 0.790. The highest BCUT2D eigenvalue weighted by Gasteiger charge is 2.07. The minimum absolute atomic E-state index is 0.601. The SMILES string of the molecule is COc1ccc2nc(Nc3ccccc3C#N)sc2c1. The second-order valence-corrected chi connectivity index (χ2v) is 5.17. The van der Waals surface area contributed by atoms with E-state index in [1.165, 1.54) is 11.3 Å². The van der Waals surface area contributed by atoms with Crippen LogP contribution >= 0.6 is 11.3 Å². The predicted octanol–water partition coefficient (Wildman–Crippen LogP) is 3.92. The third-order valence-electron chi connectivity index (χ3n) is 2.88. The molecule has 1 aromatic heterocycles. The summed E-state index contributed by atoms with van der Waals surface area (Å²) >= 11 is 1.53. The number of nitrogens with zero attached hydrogens (tertiary/aromatic N) is 2. The van der Waals surface area contributed by atoms with Gasteiger partial charge in [0.15, 0.2) is 5.13 Å². The van der Waals surface area contributed by atoms with Crippen LogP contribution < -0.4 is 10.1 Å². The van der Waals surface area contributed by atoms with Crippen molar-refractivity contribution >= 4 is 32.4 Å². The molecule has 0 aliphatic rings. The zero-order valence-electron chi connectivity index (χ0n) is 10.8. The van der Waals surface area contributed by atoms with Gasteiger partial charge in [-0.2, -0.15) is 5.26 Å². The zero-order valence-corrected chi connectivity index (χ0v) is 11.6. The molecule has 4 nitrogen and oxygen atoms in total. The smallest absolute Gasteiger partial charge is 0.188 e. The lowest BCUT2D eigenvalue weighted by molar-refractivity contribution is 0.415. The van der Waals surface area contributed by atoms with Gasteiger partial charge in [-0.05, 0) is 30.3 Å². The maximum Gasteiger partial charge on any atom is 0.188 e. The van der Waals surface area contributed by atoms with Crippen LogP contribution in [0, 0.1) is 11.3 Å². The molecule has 0 amide bonds. The summed E-state index contributed by atoms with van der Waals surface area (Å²) in [4.78, 5) is 4.50. The molecular weight excluding hydrogens is 270 g/mol. The Labute approximate surface area is 120 Å². The second kappa shape index (κ2) is 5.19. The molecule has 0 fully saturated rings. The number of aromatic nitrogens is 1. The summed E-state index contributed by atoms with van der Waals surface area (Å²) in [5.41, 5.74) is 2.28. The molecule has 0 bridgehead atoms. The standard InChI is InChI=1S/C15H11N3OS/c1-19-11-6-7-13-14(8-11)20-15(18-13)17-12-5-3-2-4-10(12)9-16/h2-8H,1H3,(H,17,18). The lowest BCUT2D eigenvalue weighted by Gasteiger charge is -2.03. The van der Waals surface area contributed by atoms with E-state index in [1.807, 2.05) is 36.4 Å². The Morgan fingerprint density at radius 1 is 1.25 bits per heavy atom. The molecule has 3 rings (SSSR count). The summed E-state index contributed by atoms with van der Waals surface area (Å²) in [5.74, 6) is 0.810. The average Bonchev–Trinajstić information content (AvgIpc) is 2.89. The van der Waals surface area contributed by atoms with E-state index < -0.39 is 0 Å². The van der Waals surface area contributed by atoms with Gasteiger partial charge in [0.25, 0.3) is 0 Å². The molecule has 0 aliphatic heterocycles. The molecule has 3 aromatic rings. The highest BCUT2D eigenvalue weighted by atomic mass is 32.1. The van der Waals surface area contributed by atoms with Crippen LogP contribution in [0.15, 0.2) is 42.5 Å². The number of para-hydroxylation sites is 1. The van der Waals surface area contributed by atoms with E-state index in [9.17, 15) is 0 Å². The van der Waals surface area contributed by atoms with Crippen molar-refractivity contribution in [3.8, 4) is 11.8 Å². The minimum Gasteiger partial charge on any atom is -0.497 e. The summed E-state index contributed by atoms with van der Waals surface area (Å²) in [5, 5.41) is 13.0. The van der Waals surface area contributed by atoms with Crippen LogP contribution in [0.3, 0.4) is 0 Å². The van der Waals surface area contributed by atoms with Crippen molar-refractivity contribution in [2.75, 3.05) is 12.4 Å². The summed E-state index contributed by atoms with van der Waals surface area (Å²) < 4.78 is 6.24. The number of methoxy groups -OCH3 is 1. The Kier molecular flexibility index (Phi) is 3.23. The first-order valence-corrected chi connectivity index (χ1v) is 6.82. The molecule has 20 heavy (non-hydrogen) atoms. The Balaban J connectivity index is 1.97. The molecule has 0 spiro atoms. The van der Waals surface area contributed by atoms with Gasteiger partial charge in [0, 0.05) is 0 Å². The number of nitriles is 1. The van der Waals surface area contributed by atoms with Crippen LogP contribution in [0.2, 0.25) is 0 Å². The number of hydrogen-bond donors (Lipinski definition) is 1. The van der Waals surface area contributed by atoms with Gasteiger partial charge in [-0.15, -0.1) is 0 Å². The van der Waals surface area contributed by atoms with E-state index in [2.05, 4.69) is 16.4 Å². The predicted molar refractivity (Wildman–Crippen MR) is 80.6 cm³/mol. The van der Waals surface area contributed by atoms with Gasteiger partial charge in [-0.3, -0.25) is 0 Å². The van der Waals surface area contributed by atoms with Crippen molar-refractivity contribution in [3.63, 3.8) is 0 Å². The lowest BCUT2D eigenvalue weighted by Crippen LogP contribution is -1.92. The maximum absolute atomic E-state index is 9.08. The summed E-state index contributed by atoms with van der Waals surface area (Å²) in [6.45, 7) is 0. The van der Waals surface area contributed by atoms with E-state index in [0.717, 1.165) is 26.8 Å². The molecule has 1 N–H and O–H groups in total. The maximum atomic E-state index is 9.08. The van der Waals surface area contributed by atoms with Crippen LogP contribution in [0.1, 0.15) is 5.56 Å². The van der Waals surface area contributed by atoms with E-state index in [-0.39, 0.29) is 0 Å². The third kappa shape index (κ3) is 2.29. The van der Waals surface area contributed by atoms with Crippen molar-refractivity contribution in [1.29, 1.82) is 5.26 Å². The Morgan fingerprint density at radius 3 is 2.90 bits per heavy atom. The number of thiazole rings is 1. The molecule has 0 unspecified atom stereocenters. The Morgan fingerprint density at radius 2 is 2.10 bits per heavy atom. The fraction of sp³-hybridized carbons (Fsp3) is 0.0667. The summed E-state index contributed by atoms with van der Waals surface area (Å²) in [6.07, 6.45) is 0. The van der Waals surface area contributed by atoms with Gasteiger partial charge < -0.3 is 10.1 Å². The first-order chi connectivity index (χ1) is 9.80. The van der Waals surface area contributed by atoms with Crippen molar-refractivity contribution in [3.05, 3.63) is 48.0 Å². The zero-order chi connectivity index (χ0) is 13.9. The van der Waals surface area contributed by atoms with Crippen LogP contribution in [-0.4, -0.2) is 12.1 Å². The van der Waals surface area contributed by atoms with Gasteiger partial charge in [0.1, 0.15) is 11.8 Å². The summed E-state index contributed by atoms with van der Waals surface area (Å²) in [6, 6.07) is 15.3. The van der Waals surface area contributed by atoms with E-state index in [1.54, 1.807) is 13.2 Å². The number of rotatable bonds is 3. The second-order valence-electron chi connectivity index (χ2n) is 4.14. The van der Waals surface area contributed by atoms with Gasteiger partial charge in [-0.25, -0.2) is 4.98 Å². The van der Waals surface area contributed by atoms with Crippen LogP contribution in [0.5, 0.6) is 5.75 Å². The number of nitrogens with one attached hydrogen (secondary N) is 1. The first kappa shape index (κ1) is 12.5. The number of anilines is 2. The number of fused-ring (bicyclic) bond motifs is 1. The molecular formula is C15H11N3OS. The Bertz CT molecular complexity index is 804. The highest BCUT2D eigenvalue weighted by molar-refractivity contribution is 7.22. The molecule has 0 aliphatic carbocycles. The van der Waals surface area contributed by atoms with Crippen molar-refractivity contribution in [2.24, 2.45) is 0 Å². The molecule has 0 saturated carbocycles. The fourth-order valence-electron chi connectivity index (χ4n) is 1.89. The molecule has 98 valence electrons. The average molecular weight is 281 g/mol. The molecule has 1 heterocycles. The fourth-order valence-corrected chi connectivity index (χ4v) is 2.80. The third-order valence-corrected chi connectivity index (χ3v) is 3.82. The van der Waals surface area contributed by atoms with E-state index >= 15 is 0 Å². The van der Waals surface area contributed by atoms with Crippen LogP contribution in [-0.2, 0) is 0 Å². The topological polar surface area (TPSA) is 57.9 Å². The van der Waals surface area contributed by atoms with E-state index in [0.29, 0.717) is 5.56 Å². The lowest BCUT2D eigenvalue weighted by atomic mass is 10.2. The summed E-state index contributed by atoms with van der Waals surface area (Å²) in [7, 11) is 1.64. The molecule has 0 radical (unpaired) electrons. The normalized spacial score (nSPS) is 10.2. The van der Waals surface area contributed by atoms with Crippen LogP contribution in [0.4, 0.5) is 10.8 Å². The van der Waals surface area contributed by atoms with Crippen molar-refractivity contribution in [2.45, 2.75) is 0 Å². The number of hydrogen-bond acceptors (Lipinski definition) is 5. The molecule has 0 atom stereocenters. The van der Waals surface area contributed by atoms with Gasteiger partial charge in [0.05, 0.1) is 28.6 Å². The molecule has 5 heteroatoms. The Hall–Kier alpha value is -2.58. The number of ether oxygens (including phenoxy) is 1. The number of benzene rings is 2. The highest BCUT2D eigenvalue weighted by Crippen LogP contribution is 2.31. The van der Waals surface area contributed by atoms with Crippen molar-refractivity contribution < 1.29 is 4.74 Å². The van der Waals surface area contributed by atoms with Gasteiger partial charge >= 0.3 is 0 Å². The molecule has 2 aromatic carbocycles. The monoisotopic (exact) mass is 281 g/mol.